The lowest BCUT2D eigenvalue weighted by Gasteiger charge is -2.20. The molecule has 0 radical (unpaired) electrons. The van der Waals surface area contributed by atoms with Gasteiger partial charge in [-0.25, -0.2) is 12.8 Å². The average Bonchev–Trinajstić information content (AvgIpc) is 2.49. The molecule has 0 bridgehead atoms. The van der Waals surface area contributed by atoms with Crippen LogP contribution in [0.4, 0.5) is 10.1 Å². The van der Waals surface area contributed by atoms with Gasteiger partial charge in [0, 0.05) is 7.05 Å². The van der Waals surface area contributed by atoms with Gasteiger partial charge in [-0.2, -0.15) is 5.26 Å². The van der Waals surface area contributed by atoms with Crippen molar-refractivity contribution in [2.45, 2.75) is 4.90 Å². The Morgan fingerprint density at radius 2 is 1.90 bits per heavy atom. The van der Waals surface area contributed by atoms with Crippen LogP contribution in [0.1, 0.15) is 5.56 Å². The highest BCUT2D eigenvalue weighted by Gasteiger charge is 2.24. The van der Waals surface area contributed by atoms with E-state index in [9.17, 15) is 12.8 Å². The van der Waals surface area contributed by atoms with Crippen LogP contribution in [0.3, 0.4) is 0 Å². The zero-order chi connectivity index (χ0) is 15.6. The molecule has 0 heterocycles. The smallest absolute Gasteiger partial charge is 0.264 e. The molecule has 0 spiro atoms. The van der Waals surface area contributed by atoms with E-state index in [1.807, 2.05) is 6.07 Å². The first-order valence-electron chi connectivity index (χ1n) is 5.81. The Hall–Kier alpha value is -1.91. The summed E-state index contributed by atoms with van der Waals surface area (Å²) < 4.78 is 39.7. The molecular weight excluding hydrogens is 359 g/mol. The number of nitriles is 1. The molecule has 0 aliphatic rings. The van der Waals surface area contributed by atoms with Crippen LogP contribution < -0.4 is 4.31 Å². The van der Waals surface area contributed by atoms with Crippen LogP contribution in [0.5, 0.6) is 0 Å². The van der Waals surface area contributed by atoms with Gasteiger partial charge in [0.15, 0.2) is 0 Å². The van der Waals surface area contributed by atoms with Gasteiger partial charge in [-0.15, -0.1) is 0 Å². The molecule has 7 heteroatoms. The lowest BCUT2D eigenvalue weighted by atomic mass is 10.2. The van der Waals surface area contributed by atoms with Gasteiger partial charge in [0.2, 0.25) is 0 Å². The van der Waals surface area contributed by atoms with Crippen molar-refractivity contribution >= 4 is 31.6 Å². The maximum Gasteiger partial charge on any atom is 0.264 e. The number of hydrogen-bond donors (Lipinski definition) is 0. The molecule has 2 rings (SSSR count). The van der Waals surface area contributed by atoms with E-state index < -0.39 is 15.8 Å². The Bertz CT molecular complexity index is 831. The highest BCUT2D eigenvalue weighted by atomic mass is 79.9. The monoisotopic (exact) mass is 368 g/mol. The molecule has 2 aromatic carbocycles. The van der Waals surface area contributed by atoms with E-state index in [1.165, 1.54) is 31.3 Å². The van der Waals surface area contributed by atoms with Crippen molar-refractivity contribution in [1.82, 2.24) is 0 Å². The van der Waals surface area contributed by atoms with Gasteiger partial charge in [-0.05, 0) is 46.3 Å². The van der Waals surface area contributed by atoms with Crippen LogP contribution in [0, 0.1) is 17.1 Å². The van der Waals surface area contributed by atoms with E-state index in [4.69, 9.17) is 5.26 Å². The Balaban J connectivity index is 2.53. The summed E-state index contributed by atoms with van der Waals surface area (Å²) in [6, 6.07) is 11.8. The summed E-state index contributed by atoms with van der Waals surface area (Å²) in [4.78, 5) is -0.182. The number of halogens is 2. The third-order valence-electron chi connectivity index (χ3n) is 2.91. The lowest BCUT2D eigenvalue weighted by molar-refractivity contribution is 0.588. The van der Waals surface area contributed by atoms with Crippen LogP contribution in [-0.2, 0) is 10.0 Å². The largest absolute Gasteiger partial charge is 0.268 e. The Kier molecular flexibility index (Phi) is 4.30. The summed E-state index contributed by atoms with van der Waals surface area (Å²) in [5.74, 6) is -0.668. The topological polar surface area (TPSA) is 61.2 Å². The maximum absolute atomic E-state index is 13.5. The first-order valence-corrected chi connectivity index (χ1v) is 8.04. The van der Waals surface area contributed by atoms with Crippen molar-refractivity contribution in [3.05, 3.63) is 58.3 Å². The summed E-state index contributed by atoms with van der Waals surface area (Å²) in [5.41, 5.74) is 0.462. The molecule has 0 aliphatic heterocycles. The standard InChI is InChI=1S/C14H10BrFN2O2S/c1-18(14-5-3-2-4-10(14)9-17)21(19,20)11-6-7-12(15)13(16)8-11/h2-8H,1H3. The van der Waals surface area contributed by atoms with Gasteiger partial charge in [0.1, 0.15) is 11.9 Å². The van der Waals surface area contributed by atoms with Crippen molar-refractivity contribution in [2.75, 3.05) is 11.4 Å². The number of hydrogen-bond acceptors (Lipinski definition) is 3. The quantitative estimate of drug-likeness (QED) is 0.834. The second-order valence-corrected chi connectivity index (χ2v) is 7.00. The highest BCUT2D eigenvalue weighted by molar-refractivity contribution is 9.10. The molecule has 4 nitrogen and oxygen atoms in total. The van der Waals surface area contributed by atoms with Crippen LogP contribution in [0.25, 0.3) is 0 Å². The van der Waals surface area contributed by atoms with E-state index in [0.717, 1.165) is 10.4 Å². The molecule has 0 N–H and O–H groups in total. The molecule has 0 atom stereocenters. The van der Waals surface area contributed by atoms with Gasteiger partial charge in [-0.3, -0.25) is 4.31 Å². The van der Waals surface area contributed by atoms with Crippen molar-refractivity contribution in [3.8, 4) is 6.07 Å². The molecular formula is C14H10BrFN2O2S. The van der Waals surface area contributed by atoms with Gasteiger partial charge in [-0.1, -0.05) is 12.1 Å². The first-order chi connectivity index (χ1) is 9.87. The normalized spacial score (nSPS) is 11.0. The molecule has 0 saturated heterocycles. The molecule has 0 unspecified atom stereocenters. The second kappa shape index (κ2) is 5.84. The molecule has 0 aliphatic carbocycles. The predicted molar refractivity (Wildman–Crippen MR) is 80.8 cm³/mol. The zero-order valence-electron chi connectivity index (χ0n) is 10.9. The summed E-state index contributed by atoms with van der Waals surface area (Å²) in [7, 11) is -2.62. The van der Waals surface area contributed by atoms with Crippen LogP contribution in [0.2, 0.25) is 0 Å². The van der Waals surface area contributed by atoms with E-state index in [-0.39, 0.29) is 20.6 Å². The van der Waals surface area contributed by atoms with Crippen molar-refractivity contribution in [1.29, 1.82) is 5.26 Å². The zero-order valence-corrected chi connectivity index (χ0v) is 13.3. The van der Waals surface area contributed by atoms with E-state index in [1.54, 1.807) is 12.1 Å². The third kappa shape index (κ3) is 2.91. The SMILES string of the molecule is CN(c1ccccc1C#N)S(=O)(=O)c1ccc(Br)c(F)c1. The fourth-order valence-corrected chi connectivity index (χ4v) is 3.24. The minimum atomic E-state index is -3.94. The number of nitrogens with zero attached hydrogens (tertiary/aromatic N) is 2. The molecule has 0 saturated carbocycles. The van der Waals surface area contributed by atoms with Crippen LogP contribution in [-0.4, -0.2) is 15.5 Å². The summed E-state index contributed by atoms with van der Waals surface area (Å²) in [6.45, 7) is 0. The number of benzene rings is 2. The first kappa shape index (κ1) is 15.5. The summed E-state index contributed by atoms with van der Waals surface area (Å²) in [6.07, 6.45) is 0. The minimum Gasteiger partial charge on any atom is -0.268 e. The van der Waals surface area contributed by atoms with E-state index >= 15 is 0 Å². The fraction of sp³-hybridized carbons (Fsp3) is 0.0714. The summed E-state index contributed by atoms with van der Waals surface area (Å²) >= 11 is 2.97. The van der Waals surface area contributed by atoms with Gasteiger partial charge < -0.3 is 0 Å². The minimum absolute atomic E-state index is 0.182. The lowest BCUT2D eigenvalue weighted by Crippen LogP contribution is -2.27. The van der Waals surface area contributed by atoms with Crippen LogP contribution in [0.15, 0.2) is 51.8 Å². The average molecular weight is 369 g/mol. The molecule has 0 aromatic heterocycles. The van der Waals surface area contributed by atoms with E-state index in [2.05, 4.69) is 15.9 Å². The van der Waals surface area contributed by atoms with Gasteiger partial charge >= 0.3 is 0 Å². The van der Waals surface area contributed by atoms with Crippen molar-refractivity contribution < 1.29 is 12.8 Å². The number of sulfonamides is 1. The molecule has 0 fully saturated rings. The fourth-order valence-electron chi connectivity index (χ4n) is 1.77. The Morgan fingerprint density at radius 3 is 2.52 bits per heavy atom. The van der Waals surface area contributed by atoms with Crippen molar-refractivity contribution in [2.24, 2.45) is 0 Å². The Labute approximate surface area is 130 Å². The van der Waals surface area contributed by atoms with Crippen LogP contribution >= 0.6 is 15.9 Å². The number of anilines is 1. The highest BCUT2D eigenvalue weighted by Crippen LogP contribution is 2.27. The molecule has 2 aromatic rings. The predicted octanol–water partition coefficient (Wildman–Crippen LogP) is 3.28. The number of para-hydroxylation sites is 1. The van der Waals surface area contributed by atoms with Gasteiger partial charge in [0.25, 0.3) is 10.0 Å². The van der Waals surface area contributed by atoms with E-state index in [0.29, 0.717) is 0 Å². The third-order valence-corrected chi connectivity index (χ3v) is 5.32. The van der Waals surface area contributed by atoms with Gasteiger partial charge in [0.05, 0.1) is 20.6 Å². The molecule has 108 valence electrons. The van der Waals surface area contributed by atoms with Crippen molar-refractivity contribution in [3.63, 3.8) is 0 Å². The Morgan fingerprint density at radius 1 is 1.24 bits per heavy atom. The molecule has 0 amide bonds. The second-order valence-electron chi connectivity index (χ2n) is 4.18. The summed E-state index contributed by atoms with van der Waals surface area (Å²) in [5, 5.41) is 9.05. The number of rotatable bonds is 3. The maximum atomic E-state index is 13.5. The molecule has 21 heavy (non-hydrogen) atoms.